The maximum atomic E-state index is 6.12. The third-order valence-corrected chi connectivity index (χ3v) is 4.76. The van der Waals surface area contributed by atoms with Crippen LogP contribution in [0.5, 0.6) is 11.5 Å². The lowest BCUT2D eigenvalue weighted by atomic mass is 10.2. The van der Waals surface area contributed by atoms with E-state index in [0.29, 0.717) is 24.0 Å². The topological polar surface area (TPSA) is 85.2 Å². The number of aryl methyl sites for hydroxylation is 1. The number of nitrogens with zero attached hydrogens (tertiary/aromatic N) is 2. The van der Waals surface area contributed by atoms with Crippen molar-refractivity contribution in [2.45, 2.75) is 25.8 Å². The first-order valence-electron chi connectivity index (χ1n) is 9.20. The summed E-state index contributed by atoms with van der Waals surface area (Å²) in [7, 11) is 3.21. The number of anilines is 1. The lowest BCUT2D eigenvalue weighted by Crippen LogP contribution is -2.30. The first-order valence-corrected chi connectivity index (χ1v) is 9.20. The van der Waals surface area contributed by atoms with Crippen LogP contribution in [0.2, 0.25) is 0 Å². The molecule has 3 rings (SSSR count). The average Bonchev–Trinajstić information content (AvgIpc) is 3.34. The number of guanidine groups is 1. The molecule has 0 bridgehead atoms. The Hall–Kier alpha value is -2.67. The molecular formula is C20H28N4O3. The van der Waals surface area contributed by atoms with Gasteiger partial charge in [0.05, 0.1) is 26.8 Å². The number of furan rings is 1. The van der Waals surface area contributed by atoms with Crippen molar-refractivity contribution in [1.82, 2.24) is 4.90 Å². The number of rotatable bonds is 7. The summed E-state index contributed by atoms with van der Waals surface area (Å²) in [6, 6.07) is 9.66. The summed E-state index contributed by atoms with van der Waals surface area (Å²) in [6.45, 7) is 4.62. The first-order chi connectivity index (χ1) is 13.1. The molecule has 0 aliphatic carbocycles. The number of hydrogen-bond donors (Lipinski definition) is 2. The van der Waals surface area contributed by atoms with E-state index in [-0.39, 0.29) is 6.04 Å². The van der Waals surface area contributed by atoms with Gasteiger partial charge in [-0.3, -0.25) is 9.89 Å². The summed E-state index contributed by atoms with van der Waals surface area (Å²) in [5, 5.41) is 3.11. The predicted molar refractivity (Wildman–Crippen MR) is 107 cm³/mol. The van der Waals surface area contributed by atoms with Gasteiger partial charge < -0.3 is 24.9 Å². The summed E-state index contributed by atoms with van der Waals surface area (Å²) in [4.78, 5) is 6.97. The van der Waals surface area contributed by atoms with Gasteiger partial charge in [0.1, 0.15) is 11.5 Å². The van der Waals surface area contributed by atoms with Gasteiger partial charge >= 0.3 is 0 Å². The molecule has 0 spiro atoms. The van der Waals surface area contributed by atoms with Gasteiger partial charge in [-0.2, -0.15) is 0 Å². The number of aliphatic imine (C=N–C) groups is 1. The molecule has 1 aromatic carbocycles. The highest BCUT2D eigenvalue weighted by Crippen LogP contribution is 2.30. The quantitative estimate of drug-likeness (QED) is 0.574. The molecule has 7 nitrogen and oxygen atoms in total. The van der Waals surface area contributed by atoms with Crippen molar-refractivity contribution < 1.29 is 13.9 Å². The van der Waals surface area contributed by atoms with Gasteiger partial charge in [0.25, 0.3) is 0 Å². The van der Waals surface area contributed by atoms with Gasteiger partial charge in [-0.1, -0.05) is 0 Å². The lowest BCUT2D eigenvalue weighted by Gasteiger charge is -2.24. The standard InChI is InChI=1S/C20H28N4O3/c1-14-6-8-17(27-14)16(24-10-4-5-11-24)13-22-20(21)23-15-7-9-18(25-2)19(12-15)26-3/h6-9,12,16H,4-5,10-11,13H2,1-3H3,(H3,21,22,23). The summed E-state index contributed by atoms with van der Waals surface area (Å²) < 4.78 is 16.4. The number of nitrogens with two attached hydrogens (primary N) is 1. The third-order valence-electron chi connectivity index (χ3n) is 4.76. The monoisotopic (exact) mass is 372 g/mol. The summed E-state index contributed by atoms with van der Waals surface area (Å²) >= 11 is 0. The van der Waals surface area contributed by atoms with Gasteiger partial charge in [0.2, 0.25) is 0 Å². The zero-order valence-electron chi connectivity index (χ0n) is 16.2. The van der Waals surface area contributed by atoms with E-state index < -0.39 is 0 Å². The second-order valence-electron chi connectivity index (χ2n) is 6.63. The minimum absolute atomic E-state index is 0.104. The Morgan fingerprint density at radius 3 is 2.56 bits per heavy atom. The van der Waals surface area contributed by atoms with Crippen molar-refractivity contribution in [1.29, 1.82) is 0 Å². The predicted octanol–water partition coefficient (Wildman–Crippen LogP) is 3.17. The van der Waals surface area contributed by atoms with Crippen molar-refractivity contribution in [2.75, 3.05) is 39.2 Å². The van der Waals surface area contributed by atoms with Crippen molar-refractivity contribution >= 4 is 11.6 Å². The number of hydrogen-bond acceptors (Lipinski definition) is 5. The van der Waals surface area contributed by atoms with Crippen LogP contribution >= 0.6 is 0 Å². The van der Waals surface area contributed by atoms with E-state index in [2.05, 4.69) is 15.2 Å². The van der Waals surface area contributed by atoms with Crippen LogP contribution in [0.4, 0.5) is 5.69 Å². The number of likely N-dealkylation sites (tertiary alicyclic amines) is 1. The molecule has 3 N–H and O–H groups in total. The van der Waals surface area contributed by atoms with Crippen LogP contribution in [-0.4, -0.2) is 44.7 Å². The minimum atomic E-state index is 0.104. The summed E-state index contributed by atoms with van der Waals surface area (Å²) in [6.07, 6.45) is 2.42. The van der Waals surface area contributed by atoms with E-state index in [1.165, 1.54) is 12.8 Å². The number of nitrogens with one attached hydrogen (secondary N) is 1. The molecule has 0 radical (unpaired) electrons. The van der Waals surface area contributed by atoms with E-state index in [1.807, 2.05) is 37.3 Å². The molecule has 146 valence electrons. The molecule has 2 heterocycles. The number of methoxy groups -OCH3 is 2. The van der Waals surface area contributed by atoms with Crippen LogP contribution in [0.25, 0.3) is 0 Å². The van der Waals surface area contributed by atoms with Crippen LogP contribution in [0.1, 0.15) is 30.4 Å². The lowest BCUT2D eigenvalue weighted by molar-refractivity contribution is 0.219. The first kappa shape index (κ1) is 19.1. The molecule has 1 saturated heterocycles. The van der Waals surface area contributed by atoms with E-state index in [9.17, 15) is 0 Å². The van der Waals surface area contributed by atoms with Gasteiger partial charge in [0.15, 0.2) is 17.5 Å². The molecule has 1 aliphatic rings. The number of ether oxygens (including phenoxy) is 2. The van der Waals surface area contributed by atoms with Gasteiger partial charge in [-0.05, 0) is 57.1 Å². The van der Waals surface area contributed by atoms with Crippen LogP contribution < -0.4 is 20.5 Å². The molecule has 7 heteroatoms. The summed E-state index contributed by atoms with van der Waals surface area (Å²) in [5.74, 6) is 3.51. The SMILES string of the molecule is COc1ccc(NC(N)=NCC(c2ccc(C)o2)N2CCCC2)cc1OC. The molecule has 27 heavy (non-hydrogen) atoms. The van der Waals surface area contributed by atoms with E-state index in [0.717, 1.165) is 30.3 Å². The maximum Gasteiger partial charge on any atom is 0.193 e. The Balaban J connectivity index is 1.70. The van der Waals surface area contributed by atoms with Crippen LogP contribution in [0.3, 0.4) is 0 Å². The maximum absolute atomic E-state index is 6.12. The second-order valence-corrected chi connectivity index (χ2v) is 6.63. The van der Waals surface area contributed by atoms with Gasteiger partial charge in [-0.25, -0.2) is 0 Å². The normalized spacial score (nSPS) is 16.3. The smallest absolute Gasteiger partial charge is 0.193 e. The van der Waals surface area contributed by atoms with Crippen molar-refractivity contribution in [3.63, 3.8) is 0 Å². The molecule has 0 amide bonds. The Bertz CT molecular complexity index is 781. The molecule has 1 fully saturated rings. The second kappa shape index (κ2) is 8.81. The Morgan fingerprint density at radius 1 is 1.19 bits per heavy atom. The van der Waals surface area contributed by atoms with Crippen LogP contribution in [0, 0.1) is 6.92 Å². The molecule has 1 aromatic heterocycles. The molecular weight excluding hydrogens is 344 g/mol. The van der Waals surface area contributed by atoms with Crippen LogP contribution in [0.15, 0.2) is 39.7 Å². The van der Waals surface area contributed by atoms with Crippen LogP contribution in [-0.2, 0) is 0 Å². The van der Waals surface area contributed by atoms with Gasteiger partial charge in [0, 0.05) is 11.8 Å². The number of benzene rings is 1. The fourth-order valence-electron chi connectivity index (χ4n) is 3.36. The fourth-order valence-corrected chi connectivity index (χ4v) is 3.36. The Morgan fingerprint density at radius 2 is 1.93 bits per heavy atom. The molecule has 1 atom stereocenters. The van der Waals surface area contributed by atoms with E-state index >= 15 is 0 Å². The van der Waals surface area contributed by atoms with Crippen molar-refractivity contribution in [2.24, 2.45) is 10.7 Å². The van der Waals surface area contributed by atoms with E-state index in [1.54, 1.807) is 14.2 Å². The third kappa shape index (κ3) is 4.74. The van der Waals surface area contributed by atoms with Crippen molar-refractivity contribution in [3.05, 3.63) is 41.9 Å². The Labute approximate surface area is 160 Å². The zero-order chi connectivity index (χ0) is 19.2. The minimum Gasteiger partial charge on any atom is -0.493 e. The summed E-state index contributed by atoms with van der Waals surface area (Å²) in [5.41, 5.74) is 6.91. The highest BCUT2D eigenvalue weighted by atomic mass is 16.5. The molecule has 2 aromatic rings. The van der Waals surface area contributed by atoms with Crippen molar-refractivity contribution in [3.8, 4) is 11.5 Å². The average molecular weight is 372 g/mol. The zero-order valence-corrected chi connectivity index (χ0v) is 16.2. The van der Waals surface area contributed by atoms with Gasteiger partial charge in [-0.15, -0.1) is 0 Å². The molecule has 1 aliphatic heterocycles. The fraction of sp³-hybridized carbons (Fsp3) is 0.450. The Kier molecular flexibility index (Phi) is 6.24. The molecule has 1 unspecified atom stereocenters. The van der Waals surface area contributed by atoms with E-state index in [4.69, 9.17) is 19.6 Å². The molecule has 0 saturated carbocycles. The largest absolute Gasteiger partial charge is 0.493 e. The highest BCUT2D eigenvalue weighted by Gasteiger charge is 2.25. The highest BCUT2D eigenvalue weighted by molar-refractivity contribution is 5.92.